The maximum absolute atomic E-state index is 13.0. The highest BCUT2D eigenvalue weighted by atomic mass is 79.9. The number of carbonyl (C=O) groups is 1. The predicted octanol–water partition coefficient (Wildman–Crippen LogP) is 3.42. The number of nitrogen functional groups attached to an aromatic ring is 1. The normalized spacial score (nSPS) is 10.1. The van der Waals surface area contributed by atoms with E-state index in [2.05, 4.69) is 21.2 Å². The average molecular weight is 309 g/mol. The zero-order chi connectivity index (χ0) is 13.1. The maximum Gasteiger partial charge on any atom is 0.255 e. The first-order valence-corrected chi connectivity index (χ1v) is 5.97. The molecule has 0 heterocycles. The number of rotatable bonds is 2. The van der Waals surface area contributed by atoms with E-state index in [-0.39, 0.29) is 11.6 Å². The van der Waals surface area contributed by atoms with Crippen LogP contribution in [-0.2, 0) is 0 Å². The second-order valence-corrected chi connectivity index (χ2v) is 4.61. The molecule has 18 heavy (non-hydrogen) atoms. The fourth-order valence-electron chi connectivity index (χ4n) is 1.46. The largest absolute Gasteiger partial charge is 0.397 e. The van der Waals surface area contributed by atoms with E-state index in [1.165, 1.54) is 18.2 Å². The van der Waals surface area contributed by atoms with E-state index in [9.17, 15) is 9.18 Å². The Morgan fingerprint density at radius 2 is 2.00 bits per heavy atom. The van der Waals surface area contributed by atoms with Gasteiger partial charge in [-0.2, -0.15) is 0 Å². The molecule has 2 rings (SSSR count). The molecule has 0 saturated heterocycles. The molecule has 2 aromatic rings. The highest BCUT2D eigenvalue weighted by molar-refractivity contribution is 9.10. The first-order valence-electron chi connectivity index (χ1n) is 5.18. The summed E-state index contributed by atoms with van der Waals surface area (Å²) in [5.74, 6) is -0.789. The van der Waals surface area contributed by atoms with Crippen molar-refractivity contribution in [2.45, 2.75) is 0 Å². The van der Waals surface area contributed by atoms with E-state index < -0.39 is 5.82 Å². The van der Waals surface area contributed by atoms with E-state index in [1.807, 2.05) is 6.07 Å². The molecule has 0 aliphatic rings. The SMILES string of the molecule is Nc1ccc(F)cc1NC(=O)c1cccc(Br)c1. The molecule has 3 nitrogen and oxygen atoms in total. The molecule has 2 aromatic carbocycles. The molecule has 0 fully saturated rings. The van der Waals surface area contributed by atoms with Crippen LogP contribution >= 0.6 is 15.9 Å². The Hall–Kier alpha value is -1.88. The molecule has 0 aliphatic heterocycles. The van der Waals surface area contributed by atoms with Crippen molar-refractivity contribution in [2.24, 2.45) is 0 Å². The van der Waals surface area contributed by atoms with Crippen molar-refractivity contribution in [3.05, 3.63) is 58.3 Å². The molecule has 0 atom stereocenters. The number of hydrogen-bond donors (Lipinski definition) is 2. The Morgan fingerprint density at radius 1 is 1.22 bits per heavy atom. The van der Waals surface area contributed by atoms with E-state index in [0.717, 1.165) is 4.47 Å². The molecular weight excluding hydrogens is 299 g/mol. The van der Waals surface area contributed by atoms with Gasteiger partial charge in [0.2, 0.25) is 0 Å². The molecule has 0 radical (unpaired) electrons. The van der Waals surface area contributed by atoms with Gasteiger partial charge in [0.15, 0.2) is 0 Å². The van der Waals surface area contributed by atoms with Gasteiger partial charge in [-0.15, -0.1) is 0 Å². The van der Waals surface area contributed by atoms with Crippen molar-refractivity contribution < 1.29 is 9.18 Å². The standard InChI is InChI=1S/C13H10BrFN2O/c14-9-3-1-2-8(6-9)13(18)17-12-7-10(15)4-5-11(12)16/h1-7H,16H2,(H,17,18). The zero-order valence-electron chi connectivity index (χ0n) is 9.28. The Balaban J connectivity index is 2.24. The van der Waals surface area contributed by atoms with Crippen LogP contribution in [0.4, 0.5) is 15.8 Å². The number of nitrogens with one attached hydrogen (secondary N) is 1. The van der Waals surface area contributed by atoms with Gasteiger partial charge < -0.3 is 11.1 Å². The van der Waals surface area contributed by atoms with Gasteiger partial charge in [-0.1, -0.05) is 22.0 Å². The van der Waals surface area contributed by atoms with Gasteiger partial charge in [-0.3, -0.25) is 4.79 Å². The number of nitrogens with two attached hydrogens (primary N) is 1. The average Bonchev–Trinajstić information content (AvgIpc) is 2.34. The molecule has 1 amide bonds. The monoisotopic (exact) mass is 308 g/mol. The second-order valence-electron chi connectivity index (χ2n) is 3.70. The van der Waals surface area contributed by atoms with Gasteiger partial charge >= 0.3 is 0 Å². The number of halogens is 2. The van der Waals surface area contributed by atoms with Crippen LogP contribution in [0.3, 0.4) is 0 Å². The maximum atomic E-state index is 13.0. The van der Waals surface area contributed by atoms with Crippen molar-refractivity contribution in [1.29, 1.82) is 0 Å². The fourth-order valence-corrected chi connectivity index (χ4v) is 1.86. The molecule has 0 aromatic heterocycles. The van der Waals surface area contributed by atoms with Gasteiger partial charge in [0.1, 0.15) is 5.82 Å². The summed E-state index contributed by atoms with van der Waals surface area (Å²) in [4.78, 5) is 11.9. The molecule has 3 N–H and O–H groups in total. The smallest absolute Gasteiger partial charge is 0.255 e. The third-order valence-corrected chi connectivity index (χ3v) is 2.84. The fraction of sp³-hybridized carbons (Fsp3) is 0. The number of benzene rings is 2. The summed E-state index contributed by atoms with van der Waals surface area (Å²) >= 11 is 3.28. The Morgan fingerprint density at radius 3 is 2.72 bits per heavy atom. The molecule has 0 saturated carbocycles. The van der Waals surface area contributed by atoms with Gasteiger partial charge in [-0.05, 0) is 36.4 Å². The lowest BCUT2D eigenvalue weighted by molar-refractivity contribution is 0.102. The summed E-state index contributed by atoms with van der Waals surface area (Å²) in [6, 6.07) is 10.7. The topological polar surface area (TPSA) is 55.1 Å². The quantitative estimate of drug-likeness (QED) is 0.835. The lowest BCUT2D eigenvalue weighted by Gasteiger charge is -2.08. The minimum Gasteiger partial charge on any atom is -0.397 e. The van der Waals surface area contributed by atoms with Gasteiger partial charge in [0, 0.05) is 10.0 Å². The van der Waals surface area contributed by atoms with Crippen LogP contribution in [0.5, 0.6) is 0 Å². The van der Waals surface area contributed by atoms with Crippen molar-refractivity contribution in [3.63, 3.8) is 0 Å². The predicted molar refractivity (Wildman–Crippen MR) is 72.9 cm³/mol. The van der Waals surface area contributed by atoms with Gasteiger partial charge in [0.05, 0.1) is 11.4 Å². The van der Waals surface area contributed by atoms with Crippen LogP contribution in [0.2, 0.25) is 0 Å². The van der Waals surface area contributed by atoms with Crippen LogP contribution in [0.25, 0.3) is 0 Å². The minimum absolute atomic E-state index is 0.264. The Labute approximate surface area is 112 Å². The van der Waals surface area contributed by atoms with Crippen molar-refractivity contribution in [3.8, 4) is 0 Å². The molecule has 0 bridgehead atoms. The number of hydrogen-bond acceptors (Lipinski definition) is 2. The van der Waals surface area contributed by atoms with Crippen molar-refractivity contribution in [2.75, 3.05) is 11.1 Å². The Bertz CT molecular complexity index is 601. The van der Waals surface area contributed by atoms with Crippen molar-refractivity contribution in [1.82, 2.24) is 0 Å². The molecule has 0 aliphatic carbocycles. The summed E-state index contributed by atoms with van der Waals surface area (Å²) in [5, 5.41) is 2.57. The van der Waals surface area contributed by atoms with Crippen LogP contribution < -0.4 is 11.1 Å². The molecule has 0 unspecified atom stereocenters. The molecule has 5 heteroatoms. The lowest BCUT2D eigenvalue weighted by Crippen LogP contribution is -2.13. The summed E-state index contributed by atoms with van der Waals surface area (Å²) in [6.07, 6.45) is 0. The number of amides is 1. The van der Waals surface area contributed by atoms with Crippen LogP contribution in [0.1, 0.15) is 10.4 Å². The van der Waals surface area contributed by atoms with E-state index >= 15 is 0 Å². The summed E-state index contributed by atoms with van der Waals surface area (Å²) < 4.78 is 13.8. The highest BCUT2D eigenvalue weighted by Gasteiger charge is 2.09. The zero-order valence-corrected chi connectivity index (χ0v) is 10.9. The summed E-state index contributed by atoms with van der Waals surface area (Å²) in [5.41, 5.74) is 6.70. The third kappa shape index (κ3) is 2.87. The molecule has 92 valence electrons. The van der Waals surface area contributed by atoms with Gasteiger partial charge in [-0.25, -0.2) is 4.39 Å². The highest BCUT2D eigenvalue weighted by Crippen LogP contribution is 2.20. The molecular formula is C13H10BrFN2O. The lowest BCUT2D eigenvalue weighted by atomic mass is 10.2. The van der Waals surface area contributed by atoms with Crippen LogP contribution in [0, 0.1) is 5.82 Å². The van der Waals surface area contributed by atoms with Crippen molar-refractivity contribution >= 4 is 33.2 Å². The van der Waals surface area contributed by atoms with Gasteiger partial charge in [0.25, 0.3) is 5.91 Å². The summed E-state index contributed by atoms with van der Waals surface area (Å²) in [7, 11) is 0. The number of anilines is 2. The Kier molecular flexibility index (Phi) is 3.62. The first kappa shape index (κ1) is 12.6. The first-order chi connectivity index (χ1) is 8.56. The van der Waals surface area contributed by atoms with E-state index in [4.69, 9.17) is 5.73 Å². The van der Waals surface area contributed by atoms with E-state index in [1.54, 1.807) is 18.2 Å². The number of carbonyl (C=O) groups excluding carboxylic acids is 1. The minimum atomic E-state index is -0.450. The molecule has 0 spiro atoms. The summed E-state index contributed by atoms with van der Waals surface area (Å²) in [6.45, 7) is 0. The third-order valence-electron chi connectivity index (χ3n) is 2.35. The second kappa shape index (κ2) is 5.18. The van der Waals surface area contributed by atoms with E-state index in [0.29, 0.717) is 11.3 Å². The van der Waals surface area contributed by atoms with Crippen LogP contribution in [0.15, 0.2) is 46.9 Å². The van der Waals surface area contributed by atoms with Crippen LogP contribution in [-0.4, -0.2) is 5.91 Å².